The number of nitrogens with zero attached hydrogens (tertiary/aromatic N) is 1. The molecule has 1 aromatic carbocycles. The molecular weight excluding hydrogens is 301 g/mol. The van der Waals surface area contributed by atoms with E-state index >= 15 is 0 Å². The number of rotatable bonds is 7. The second-order valence-electron chi connectivity index (χ2n) is 4.74. The smallest absolute Gasteiger partial charge is 0.205 e. The summed E-state index contributed by atoms with van der Waals surface area (Å²) in [4.78, 5) is 26.8. The van der Waals surface area contributed by atoms with Gasteiger partial charge in [-0.25, -0.2) is 9.38 Å². The Labute approximate surface area is 131 Å². The van der Waals surface area contributed by atoms with Crippen LogP contribution in [-0.4, -0.2) is 23.7 Å². The van der Waals surface area contributed by atoms with E-state index in [2.05, 4.69) is 4.99 Å². The van der Waals surface area contributed by atoms with Crippen LogP contribution in [0.15, 0.2) is 45.8 Å². The summed E-state index contributed by atoms with van der Waals surface area (Å²) in [6.45, 7) is 0. The Bertz CT molecular complexity index is 763. The minimum Gasteiger partial charge on any atom is -0.458 e. The monoisotopic (exact) mass is 315 g/mol. The number of Topliss-reactive ketones (excluding diaryl/α,β-unsaturated/α-hetero) is 2. The van der Waals surface area contributed by atoms with Crippen LogP contribution < -0.4 is 5.73 Å². The van der Waals surface area contributed by atoms with E-state index in [1.54, 1.807) is 18.2 Å². The Morgan fingerprint density at radius 2 is 1.91 bits per heavy atom. The Hall–Kier alpha value is -3.09. The van der Waals surface area contributed by atoms with Crippen molar-refractivity contribution in [2.75, 3.05) is 0 Å². The van der Waals surface area contributed by atoms with Gasteiger partial charge in [0.1, 0.15) is 17.9 Å². The first-order valence-corrected chi connectivity index (χ1v) is 6.71. The highest BCUT2D eigenvalue weighted by atomic mass is 19.1. The molecule has 0 radical (unpaired) electrons. The number of nitrogens with one attached hydrogen (secondary N) is 1. The predicted molar refractivity (Wildman–Crippen MR) is 82.3 cm³/mol. The van der Waals surface area contributed by atoms with Gasteiger partial charge in [0.2, 0.25) is 11.6 Å². The number of hydrogen-bond acceptors (Lipinski definition) is 4. The van der Waals surface area contributed by atoms with Crippen molar-refractivity contribution in [1.29, 1.82) is 5.41 Å². The van der Waals surface area contributed by atoms with Crippen molar-refractivity contribution in [3.63, 3.8) is 0 Å². The highest BCUT2D eigenvalue weighted by Gasteiger charge is 2.18. The van der Waals surface area contributed by atoms with E-state index in [9.17, 15) is 14.0 Å². The average molecular weight is 315 g/mol. The third-order valence-electron chi connectivity index (χ3n) is 3.04. The fourth-order valence-electron chi connectivity index (χ4n) is 1.89. The summed E-state index contributed by atoms with van der Waals surface area (Å²) in [5.74, 6) is -1.36. The van der Waals surface area contributed by atoms with Crippen LogP contribution in [0.1, 0.15) is 28.3 Å². The number of aliphatic imine (C=N–C) groups is 1. The molecule has 2 aromatic rings. The second kappa shape index (κ2) is 7.26. The van der Waals surface area contributed by atoms with Crippen molar-refractivity contribution >= 4 is 23.7 Å². The molecule has 0 atom stereocenters. The van der Waals surface area contributed by atoms with Crippen LogP contribution in [0.2, 0.25) is 0 Å². The molecule has 0 aliphatic carbocycles. The maximum atomic E-state index is 12.8. The van der Waals surface area contributed by atoms with Gasteiger partial charge in [0.05, 0.1) is 6.42 Å². The van der Waals surface area contributed by atoms with Crippen molar-refractivity contribution in [3.05, 3.63) is 59.3 Å². The number of carbonyl (C=O) groups excluding carboxylic acids is 2. The average Bonchev–Trinajstić information content (AvgIpc) is 2.98. The van der Waals surface area contributed by atoms with Crippen LogP contribution >= 0.6 is 0 Å². The third-order valence-corrected chi connectivity index (χ3v) is 3.04. The topological polar surface area (TPSA) is 110 Å². The zero-order valence-corrected chi connectivity index (χ0v) is 12.1. The van der Waals surface area contributed by atoms with Crippen LogP contribution in [0.4, 0.5) is 4.39 Å². The van der Waals surface area contributed by atoms with Crippen molar-refractivity contribution in [2.45, 2.75) is 12.8 Å². The summed E-state index contributed by atoms with van der Waals surface area (Å²) in [5, 5.41) is 6.72. The van der Waals surface area contributed by atoms with Gasteiger partial charge in [0.15, 0.2) is 11.6 Å². The molecule has 2 rings (SSSR count). The number of nitrogens with two attached hydrogens (primary N) is 1. The number of hydrogen-bond donors (Lipinski definition) is 2. The normalized spacial score (nSPS) is 11.3. The molecule has 23 heavy (non-hydrogen) atoms. The SMILES string of the molecule is N=CN=C(N)C(=O)CC(=O)c1ccc(Cc2ccc(F)cc2)o1. The first kappa shape index (κ1) is 16.3. The first-order chi connectivity index (χ1) is 11.0. The highest BCUT2D eigenvalue weighted by molar-refractivity contribution is 6.42. The van der Waals surface area contributed by atoms with Gasteiger partial charge in [-0.2, -0.15) is 0 Å². The molecule has 3 N–H and O–H groups in total. The minimum absolute atomic E-state index is 0.0399. The highest BCUT2D eigenvalue weighted by Crippen LogP contribution is 2.15. The Kier molecular flexibility index (Phi) is 5.14. The lowest BCUT2D eigenvalue weighted by molar-refractivity contribution is -0.112. The summed E-state index contributed by atoms with van der Waals surface area (Å²) < 4.78 is 18.2. The van der Waals surface area contributed by atoms with Crippen LogP contribution in [0.25, 0.3) is 0 Å². The summed E-state index contributed by atoms with van der Waals surface area (Å²) in [6, 6.07) is 9.02. The lowest BCUT2D eigenvalue weighted by Gasteiger charge is -1.99. The van der Waals surface area contributed by atoms with Crippen LogP contribution in [0.5, 0.6) is 0 Å². The Balaban J connectivity index is 2.02. The minimum atomic E-state index is -0.671. The van der Waals surface area contributed by atoms with Gasteiger partial charge in [-0.15, -0.1) is 0 Å². The number of carbonyl (C=O) groups is 2. The van der Waals surface area contributed by atoms with E-state index in [1.807, 2.05) is 0 Å². The van der Waals surface area contributed by atoms with Gasteiger partial charge in [0.25, 0.3) is 0 Å². The van der Waals surface area contributed by atoms with Gasteiger partial charge in [-0.3, -0.25) is 15.0 Å². The standard InChI is InChI=1S/C16H14FN3O3/c17-11-3-1-10(2-4-11)7-12-5-6-15(23-12)13(21)8-14(22)16(19)20-9-18/h1-6,9H,7-8H2,(H3,18,19,20). The van der Waals surface area contributed by atoms with Crippen LogP contribution in [-0.2, 0) is 11.2 Å². The zero-order valence-electron chi connectivity index (χ0n) is 12.1. The van der Waals surface area contributed by atoms with Gasteiger partial charge in [-0.1, -0.05) is 12.1 Å². The molecule has 118 valence electrons. The maximum absolute atomic E-state index is 12.8. The third kappa shape index (κ3) is 4.44. The molecule has 0 amide bonds. The molecule has 1 aromatic heterocycles. The molecule has 0 saturated carbocycles. The van der Waals surface area contributed by atoms with Crippen molar-refractivity contribution < 1.29 is 18.4 Å². The van der Waals surface area contributed by atoms with Gasteiger partial charge in [-0.05, 0) is 29.8 Å². The lowest BCUT2D eigenvalue weighted by atomic mass is 10.1. The number of ketones is 2. The molecule has 0 aliphatic heterocycles. The molecular formula is C16H14FN3O3. The molecule has 0 spiro atoms. The van der Waals surface area contributed by atoms with E-state index in [1.165, 1.54) is 18.2 Å². The quantitative estimate of drug-likeness (QED) is 0.353. The Morgan fingerprint density at radius 3 is 2.57 bits per heavy atom. The fourth-order valence-corrected chi connectivity index (χ4v) is 1.89. The number of amidine groups is 1. The lowest BCUT2D eigenvalue weighted by Crippen LogP contribution is -2.26. The largest absolute Gasteiger partial charge is 0.458 e. The molecule has 7 heteroatoms. The van der Waals surface area contributed by atoms with Gasteiger partial charge >= 0.3 is 0 Å². The summed E-state index contributed by atoms with van der Waals surface area (Å²) in [7, 11) is 0. The van der Waals surface area contributed by atoms with E-state index in [0.29, 0.717) is 18.5 Å². The van der Waals surface area contributed by atoms with Gasteiger partial charge < -0.3 is 10.2 Å². The summed E-state index contributed by atoms with van der Waals surface area (Å²) in [6.07, 6.45) is 0.553. The van der Waals surface area contributed by atoms with Crippen LogP contribution in [0.3, 0.4) is 0 Å². The molecule has 0 aliphatic rings. The van der Waals surface area contributed by atoms with Crippen LogP contribution in [0, 0.1) is 11.2 Å². The van der Waals surface area contributed by atoms with Gasteiger partial charge in [0, 0.05) is 6.42 Å². The van der Waals surface area contributed by atoms with E-state index < -0.39 is 23.8 Å². The van der Waals surface area contributed by atoms with E-state index in [-0.39, 0.29) is 11.6 Å². The molecule has 0 fully saturated rings. The van der Waals surface area contributed by atoms with Crippen molar-refractivity contribution in [2.24, 2.45) is 10.7 Å². The molecule has 0 unspecified atom stereocenters. The zero-order chi connectivity index (χ0) is 16.8. The predicted octanol–water partition coefficient (Wildman–Crippen LogP) is 2.12. The molecule has 6 nitrogen and oxygen atoms in total. The number of benzene rings is 1. The number of furan rings is 1. The summed E-state index contributed by atoms with van der Waals surface area (Å²) in [5.41, 5.74) is 6.14. The Morgan fingerprint density at radius 1 is 1.22 bits per heavy atom. The maximum Gasteiger partial charge on any atom is 0.205 e. The number of halogens is 1. The molecule has 1 heterocycles. The molecule has 0 saturated heterocycles. The van der Waals surface area contributed by atoms with E-state index in [0.717, 1.165) is 5.56 Å². The second-order valence-corrected chi connectivity index (χ2v) is 4.74. The first-order valence-electron chi connectivity index (χ1n) is 6.71. The summed E-state index contributed by atoms with van der Waals surface area (Å²) >= 11 is 0. The van der Waals surface area contributed by atoms with Crippen molar-refractivity contribution in [1.82, 2.24) is 0 Å². The van der Waals surface area contributed by atoms with Crippen molar-refractivity contribution in [3.8, 4) is 0 Å². The molecule has 0 bridgehead atoms. The van der Waals surface area contributed by atoms with E-state index in [4.69, 9.17) is 15.6 Å². The fraction of sp³-hybridized carbons (Fsp3) is 0.125.